The van der Waals surface area contributed by atoms with Crippen LogP contribution in [0.2, 0.25) is 0 Å². The highest BCUT2D eigenvalue weighted by Crippen LogP contribution is 2.31. The number of unbranched alkanes of at least 4 members (excludes halogenated alkanes) is 2. The first-order valence-corrected chi connectivity index (χ1v) is 8.14. The topological polar surface area (TPSA) is 78.4 Å². The van der Waals surface area contributed by atoms with E-state index in [-0.39, 0.29) is 24.0 Å². The van der Waals surface area contributed by atoms with Gasteiger partial charge in [-0.15, -0.1) is 0 Å². The monoisotopic (exact) mass is 298 g/mol. The number of hydrogen-bond donors (Lipinski definition) is 3. The molecule has 1 saturated carbocycles. The first-order chi connectivity index (χ1) is 9.97. The first-order valence-electron chi connectivity index (χ1n) is 8.14. The molecule has 0 bridgehead atoms. The molecule has 1 rings (SSSR count). The summed E-state index contributed by atoms with van der Waals surface area (Å²) in [4.78, 5) is 22.7. The van der Waals surface area contributed by atoms with Crippen LogP contribution in [0.25, 0.3) is 0 Å². The van der Waals surface area contributed by atoms with Gasteiger partial charge in [0.05, 0.1) is 12.1 Å². The minimum absolute atomic E-state index is 0.0100. The second kappa shape index (κ2) is 9.03. The average Bonchev–Trinajstić information content (AvgIpc) is 2.45. The largest absolute Gasteiger partial charge is 0.394 e. The molecule has 0 unspecified atom stereocenters. The summed E-state index contributed by atoms with van der Waals surface area (Å²) in [5.74, 6) is 0.720. The van der Waals surface area contributed by atoms with Gasteiger partial charge in [-0.1, -0.05) is 13.3 Å². The van der Waals surface area contributed by atoms with Crippen molar-refractivity contribution >= 4 is 11.8 Å². The minimum Gasteiger partial charge on any atom is -0.394 e. The molecule has 21 heavy (non-hydrogen) atoms. The van der Waals surface area contributed by atoms with Crippen LogP contribution in [-0.4, -0.2) is 35.6 Å². The summed E-state index contributed by atoms with van der Waals surface area (Å²) in [6.45, 7) is 4.44. The summed E-state index contributed by atoms with van der Waals surface area (Å²) in [7, 11) is 0. The third kappa shape index (κ3) is 6.93. The molecule has 2 amide bonds. The van der Waals surface area contributed by atoms with Crippen LogP contribution in [0.15, 0.2) is 0 Å². The van der Waals surface area contributed by atoms with Crippen molar-refractivity contribution in [1.82, 2.24) is 10.6 Å². The molecule has 0 heterocycles. The summed E-state index contributed by atoms with van der Waals surface area (Å²) in [6.07, 6.45) is 7.03. The second-order valence-electron chi connectivity index (χ2n) is 6.46. The number of amides is 2. The number of nitrogens with one attached hydrogen (secondary N) is 2. The Morgan fingerprint density at radius 3 is 2.43 bits per heavy atom. The van der Waals surface area contributed by atoms with Crippen molar-refractivity contribution in [2.75, 3.05) is 13.2 Å². The fraction of sp³-hybridized carbons (Fsp3) is 0.875. The molecule has 5 nitrogen and oxygen atoms in total. The average molecular weight is 298 g/mol. The van der Waals surface area contributed by atoms with Crippen LogP contribution in [-0.2, 0) is 9.59 Å². The quantitative estimate of drug-likeness (QED) is 0.597. The third-order valence-corrected chi connectivity index (χ3v) is 4.39. The van der Waals surface area contributed by atoms with Gasteiger partial charge in [0.1, 0.15) is 0 Å². The molecule has 0 radical (unpaired) electrons. The second-order valence-corrected chi connectivity index (χ2v) is 6.46. The molecule has 0 aliphatic heterocycles. The Hall–Kier alpha value is -1.10. The van der Waals surface area contributed by atoms with Gasteiger partial charge < -0.3 is 15.7 Å². The van der Waals surface area contributed by atoms with E-state index in [4.69, 9.17) is 0 Å². The lowest BCUT2D eigenvalue weighted by atomic mass is 9.77. The van der Waals surface area contributed by atoms with Crippen molar-refractivity contribution in [1.29, 1.82) is 0 Å². The van der Waals surface area contributed by atoms with E-state index in [1.165, 1.54) is 6.92 Å². The van der Waals surface area contributed by atoms with E-state index in [2.05, 4.69) is 17.6 Å². The molecular formula is C16H30N2O3. The van der Waals surface area contributed by atoms with Gasteiger partial charge in [0.25, 0.3) is 0 Å². The highest BCUT2D eigenvalue weighted by molar-refractivity contribution is 5.76. The predicted molar refractivity (Wildman–Crippen MR) is 82.7 cm³/mol. The summed E-state index contributed by atoms with van der Waals surface area (Å²) in [6, 6.07) is 0. The van der Waals surface area contributed by atoms with Gasteiger partial charge in [0.15, 0.2) is 0 Å². The third-order valence-electron chi connectivity index (χ3n) is 4.39. The number of carbonyl (C=O) groups excluding carboxylic acids is 2. The van der Waals surface area contributed by atoms with Gasteiger partial charge in [0.2, 0.25) is 11.8 Å². The van der Waals surface area contributed by atoms with Crippen LogP contribution in [0.3, 0.4) is 0 Å². The Balaban J connectivity index is 2.18. The zero-order valence-electron chi connectivity index (χ0n) is 13.4. The number of aliphatic hydroxyl groups excluding tert-OH is 1. The zero-order valence-corrected chi connectivity index (χ0v) is 13.4. The van der Waals surface area contributed by atoms with Crippen molar-refractivity contribution in [3.63, 3.8) is 0 Å². The molecule has 1 aliphatic carbocycles. The fourth-order valence-electron chi connectivity index (χ4n) is 2.85. The number of carbonyl (C=O) groups is 2. The van der Waals surface area contributed by atoms with Crippen LogP contribution < -0.4 is 10.6 Å². The summed E-state index contributed by atoms with van der Waals surface area (Å²) < 4.78 is 0. The number of hydrogen-bond acceptors (Lipinski definition) is 3. The van der Waals surface area contributed by atoms with Gasteiger partial charge in [-0.3, -0.25) is 9.59 Å². The van der Waals surface area contributed by atoms with Crippen LogP contribution in [0.1, 0.15) is 65.2 Å². The Morgan fingerprint density at radius 1 is 1.19 bits per heavy atom. The highest BCUT2D eigenvalue weighted by atomic mass is 16.3. The minimum atomic E-state index is -0.389. The van der Waals surface area contributed by atoms with Crippen LogP contribution in [0.5, 0.6) is 0 Å². The van der Waals surface area contributed by atoms with Gasteiger partial charge >= 0.3 is 0 Å². The molecule has 0 aromatic carbocycles. The van der Waals surface area contributed by atoms with Crippen molar-refractivity contribution in [3.05, 3.63) is 0 Å². The number of aliphatic hydroxyl groups is 1. The molecule has 122 valence electrons. The standard InChI is InChI=1S/C16H30N2O3/c1-13-7-9-16(12-19,10-8-13)18-15(21)6-4-3-5-11-17-14(2)20/h13,19H,3-12H2,1-2H3,(H,17,20)(H,18,21). The van der Waals surface area contributed by atoms with Crippen molar-refractivity contribution < 1.29 is 14.7 Å². The lowest BCUT2D eigenvalue weighted by Gasteiger charge is -2.38. The Bertz CT molecular complexity index is 336. The maximum atomic E-state index is 12.0. The fourth-order valence-corrected chi connectivity index (χ4v) is 2.85. The van der Waals surface area contributed by atoms with Crippen molar-refractivity contribution in [3.8, 4) is 0 Å². The van der Waals surface area contributed by atoms with Crippen molar-refractivity contribution in [2.24, 2.45) is 5.92 Å². The first kappa shape index (κ1) is 18.0. The molecular weight excluding hydrogens is 268 g/mol. The molecule has 5 heteroatoms. The van der Waals surface area contributed by atoms with E-state index < -0.39 is 0 Å². The van der Waals surface area contributed by atoms with E-state index in [1.54, 1.807) is 0 Å². The molecule has 0 spiro atoms. The normalized spacial score (nSPS) is 25.4. The van der Waals surface area contributed by atoms with Crippen LogP contribution in [0, 0.1) is 5.92 Å². The lowest BCUT2D eigenvalue weighted by Crippen LogP contribution is -2.53. The smallest absolute Gasteiger partial charge is 0.220 e. The van der Waals surface area contributed by atoms with Gasteiger partial charge in [-0.05, 0) is 44.4 Å². The molecule has 3 N–H and O–H groups in total. The predicted octanol–water partition coefficient (Wildman–Crippen LogP) is 1.74. The van der Waals surface area contributed by atoms with E-state index >= 15 is 0 Å². The van der Waals surface area contributed by atoms with E-state index in [0.717, 1.165) is 44.9 Å². The van der Waals surface area contributed by atoms with E-state index in [0.29, 0.717) is 18.9 Å². The molecule has 0 atom stereocenters. The Morgan fingerprint density at radius 2 is 1.86 bits per heavy atom. The maximum absolute atomic E-state index is 12.0. The molecule has 0 saturated heterocycles. The number of rotatable bonds is 8. The van der Waals surface area contributed by atoms with Crippen LogP contribution >= 0.6 is 0 Å². The van der Waals surface area contributed by atoms with E-state index in [9.17, 15) is 14.7 Å². The SMILES string of the molecule is CC(=O)NCCCCCC(=O)NC1(CO)CCC(C)CC1. The zero-order chi connectivity index (χ0) is 15.7. The lowest BCUT2D eigenvalue weighted by molar-refractivity contribution is -0.124. The molecule has 0 aromatic rings. The molecule has 0 aromatic heterocycles. The van der Waals surface area contributed by atoms with Gasteiger partial charge in [0, 0.05) is 19.9 Å². The highest BCUT2D eigenvalue weighted by Gasteiger charge is 2.34. The van der Waals surface area contributed by atoms with Gasteiger partial charge in [-0.25, -0.2) is 0 Å². The Kier molecular flexibility index (Phi) is 7.72. The van der Waals surface area contributed by atoms with Crippen LogP contribution in [0.4, 0.5) is 0 Å². The van der Waals surface area contributed by atoms with Crippen molar-refractivity contribution in [2.45, 2.75) is 70.8 Å². The molecule has 1 fully saturated rings. The summed E-state index contributed by atoms with van der Waals surface area (Å²) >= 11 is 0. The molecule has 1 aliphatic rings. The van der Waals surface area contributed by atoms with E-state index in [1.807, 2.05) is 0 Å². The summed E-state index contributed by atoms with van der Waals surface area (Å²) in [5.41, 5.74) is -0.389. The maximum Gasteiger partial charge on any atom is 0.220 e. The summed E-state index contributed by atoms with van der Waals surface area (Å²) in [5, 5.41) is 15.4. The van der Waals surface area contributed by atoms with Gasteiger partial charge in [-0.2, -0.15) is 0 Å². The Labute approximate surface area is 127 Å².